The standard InChI is InChI=1S/C17H26N2O2/c1-17(2,3)21-16(20)19-12-8-11-15(19)13-9-6-7-10-14(13)18(4)5/h6-7,9-10,15H,8,11-12H2,1-5H3. The van der Waals surface area contributed by atoms with E-state index in [1.54, 1.807) is 0 Å². The molecule has 4 heteroatoms. The van der Waals surface area contributed by atoms with Crippen molar-refractivity contribution in [3.05, 3.63) is 29.8 Å². The number of rotatable bonds is 2. The average molecular weight is 290 g/mol. The van der Waals surface area contributed by atoms with Crippen LogP contribution in [0.4, 0.5) is 10.5 Å². The Morgan fingerprint density at radius 1 is 1.29 bits per heavy atom. The number of benzene rings is 1. The summed E-state index contributed by atoms with van der Waals surface area (Å²) in [4.78, 5) is 16.4. The molecule has 0 bridgehead atoms. The van der Waals surface area contributed by atoms with Crippen molar-refractivity contribution in [2.24, 2.45) is 0 Å². The van der Waals surface area contributed by atoms with Crippen molar-refractivity contribution in [2.45, 2.75) is 45.3 Å². The van der Waals surface area contributed by atoms with Crippen LogP contribution in [0.2, 0.25) is 0 Å². The van der Waals surface area contributed by atoms with Crippen LogP contribution >= 0.6 is 0 Å². The van der Waals surface area contributed by atoms with E-state index >= 15 is 0 Å². The molecule has 1 fully saturated rings. The van der Waals surface area contributed by atoms with Crippen LogP contribution in [0.1, 0.15) is 45.2 Å². The molecule has 1 heterocycles. The highest BCUT2D eigenvalue weighted by Crippen LogP contribution is 2.37. The Hall–Kier alpha value is -1.71. The number of para-hydroxylation sites is 1. The molecule has 2 rings (SSSR count). The van der Waals surface area contributed by atoms with Gasteiger partial charge in [0.2, 0.25) is 0 Å². The third-order valence-corrected chi connectivity index (χ3v) is 3.66. The van der Waals surface area contributed by atoms with E-state index in [0.717, 1.165) is 25.1 Å². The molecule has 1 aromatic carbocycles. The van der Waals surface area contributed by atoms with Crippen LogP contribution in [0.25, 0.3) is 0 Å². The Morgan fingerprint density at radius 2 is 1.95 bits per heavy atom. The molecule has 0 N–H and O–H groups in total. The van der Waals surface area contributed by atoms with Gasteiger partial charge in [-0.25, -0.2) is 4.79 Å². The number of anilines is 1. The zero-order valence-corrected chi connectivity index (χ0v) is 13.7. The Morgan fingerprint density at radius 3 is 2.57 bits per heavy atom. The number of hydrogen-bond acceptors (Lipinski definition) is 3. The lowest BCUT2D eigenvalue weighted by molar-refractivity contribution is 0.0225. The number of nitrogens with zero attached hydrogens (tertiary/aromatic N) is 2. The summed E-state index contributed by atoms with van der Waals surface area (Å²) in [6.07, 6.45) is 1.80. The van der Waals surface area contributed by atoms with Crippen molar-refractivity contribution in [2.75, 3.05) is 25.5 Å². The lowest BCUT2D eigenvalue weighted by atomic mass is 10.0. The predicted octanol–water partition coefficient (Wildman–Crippen LogP) is 3.82. The van der Waals surface area contributed by atoms with E-state index in [1.807, 2.05) is 51.9 Å². The van der Waals surface area contributed by atoms with Gasteiger partial charge in [-0.15, -0.1) is 0 Å². The minimum Gasteiger partial charge on any atom is -0.444 e. The first kappa shape index (κ1) is 15.7. The zero-order chi connectivity index (χ0) is 15.6. The van der Waals surface area contributed by atoms with Crippen molar-refractivity contribution in [3.8, 4) is 0 Å². The number of hydrogen-bond donors (Lipinski definition) is 0. The molecule has 0 aliphatic carbocycles. The maximum Gasteiger partial charge on any atom is 0.410 e. The molecule has 21 heavy (non-hydrogen) atoms. The molecule has 1 saturated heterocycles. The van der Waals surface area contributed by atoms with Crippen LogP contribution < -0.4 is 4.90 Å². The second-order valence-corrected chi connectivity index (χ2v) is 6.79. The summed E-state index contributed by atoms with van der Waals surface area (Å²) in [7, 11) is 4.07. The van der Waals surface area contributed by atoms with Gasteiger partial charge in [-0.1, -0.05) is 18.2 Å². The largest absolute Gasteiger partial charge is 0.444 e. The van der Waals surface area contributed by atoms with E-state index in [9.17, 15) is 4.79 Å². The Kier molecular flexibility index (Phi) is 4.45. The van der Waals surface area contributed by atoms with E-state index in [4.69, 9.17) is 4.74 Å². The summed E-state index contributed by atoms with van der Waals surface area (Å²) in [5.41, 5.74) is 1.91. The van der Waals surface area contributed by atoms with Crippen LogP contribution in [0.15, 0.2) is 24.3 Å². The first-order valence-electron chi connectivity index (χ1n) is 7.55. The lowest BCUT2D eigenvalue weighted by Gasteiger charge is -2.30. The molecule has 0 saturated carbocycles. The van der Waals surface area contributed by atoms with Crippen molar-refractivity contribution < 1.29 is 9.53 Å². The van der Waals surface area contributed by atoms with Crippen LogP contribution in [0, 0.1) is 0 Å². The molecule has 4 nitrogen and oxygen atoms in total. The highest BCUT2D eigenvalue weighted by atomic mass is 16.6. The molecular weight excluding hydrogens is 264 g/mol. The summed E-state index contributed by atoms with van der Waals surface area (Å²) in [6, 6.07) is 8.39. The van der Waals surface area contributed by atoms with Crippen molar-refractivity contribution in [3.63, 3.8) is 0 Å². The molecule has 1 atom stereocenters. The van der Waals surface area contributed by atoms with Crippen LogP contribution in [0.5, 0.6) is 0 Å². The smallest absolute Gasteiger partial charge is 0.410 e. The Bertz CT molecular complexity index is 506. The summed E-state index contributed by atoms with van der Waals surface area (Å²) in [5, 5.41) is 0. The quantitative estimate of drug-likeness (QED) is 0.830. The van der Waals surface area contributed by atoms with Gasteiger partial charge in [0.1, 0.15) is 5.60 Å². The van der Waals surface area contributed by atoms with E-state index in [0.29, 0.717) is 0 Å². The molecule has 0 radical (unpaired) electrons. The van der Waals surface area contributed by atoms with Crippen molar-refractivity contribution in [1.29, 1.82) is 0 Å². The second kappa shape index (κ2) is 5.96. The Balaban J connectivity index is 2.25. The first-order valence-corrected chi connectivity index (χ1v) is 7.55. The predicted molar refractivity (Wildman–Crippen MR) is 85.7 cm³/mol. The van der Waals surface area contributed by atoms with Gasteiger partial charge in [0.25, 0.3) is 0 Å². The number of carbonyl (C=O) groups excluding carboxylic acids is 1. The van der Waals surface area contributed by atoms with Crippen LogP contribution in [-0.4, -0.2) is 37.2 Å². The van der Waals surface area contributed by atoms with Gasteiger partial charge < -0.3 is 14.5 Å². The molecule has 0 spiro atoms. The van der Waals surface area contributed by atoms with Crippen molar-refractivity contribution in [1.82, 2.24) is 4.90 Å². The first-order chi connectivity index (χ1) is 9.79. The van der Waals surface area contributed by atoms with E-state index < -0.39 is 5.60 Å². The maximum atomic E-state index is 12.4. The van der Waals surface area contributed by atoms with Crippen LogP contribution in [0.3, 0.4) is 0 Å². The van der Waals surface area contributed by atoms with Crippen molar-refractivity contribution >= 4 is 11.8 Å². The second-order valence-electron chi connectivity index (χ2n) is 6.79. The fourth-order valence-electron chi connectivity index (χ4n) is 2.81. The summed E-state index contributed by atoms with van der Waals surface area (Å²) < 4.78 is 5.55. The highest BCUT2D eigenvalue weighted by Gasteiger charge is 2.34. The number of carbonyl (C=O) groups is 1. The molecule has 1 aliphatic rings. The molecule has 116 valence electrons. The number of likely N-dealkylation sites (tertiary alicyclic amines) is 1. The van der Waals surface area contributed by atoms with Gasteiger partial charge in [-0.3, -0.25) is 0 Å². The van der Waals surface area contributed by atoms with E-state index in [-0.39, 0.29) is 12.1 Å². The molecule has 1 amide bonds. The minimum absolute atomic E-state index is 0.110. The third kappa shape index (κ3) is 3.69. The normalized spacial score (nSPS) is 18.7. The van der Waals surface area contributed by atoms with E-state index in [1.165, 1.54) is 5.56 Å². The summed E-state index contributed by atoms with van der Waals surface area (Å²) in [6.45, 7) is 6.48. The van der Waals surface area contributed by atoms with Gasteiger partial charge >= 0.3 is 6.09 Å². The molecule has 1 aromatic rings. The summed E-state index contributed by atoms with van der Waals surface area (Å²) in [5.74, 6) is 0. The molecular formula is C17H26N2O2. The highest BCUT2D eigenvalue weighted by molar-refractivity contribution is 5.70. The lowest BCUT2D eigenvalue weighted by Crippen LogP contribution is -2.36. The third-order valence-electron chi connectivity index (χ3n) is 3.66. The van der Waals surface area contributed by atoms with Gasteiger partial charge in [0, 0.05) is 26.3 Å². The topological polar surface area (TPSA) is 32.8 Å². The average Bonchev–Trinajstić information content (AvgIpc) is 2.85. The van der Waals surface area contributed by atoms with Gasteiger partial charge in [-0.2, -0.15) is 0 Å². The van der Waals surface area contributed by atoms with Gasteiger partial charge in [-0.05, 0) is 45.2 Å². The number of amides is 1. The summed E-state index contributed by atoms with van der Waals surface area (Å²) >= 11 is 0. The van der Waals surface area contributed by atoms with Gasteiger partial charge in [0.15, 0.2) is 0 Å². The SMILES string of the molecule is CN(C)c1ccccc1C1CCCN1C(=O)OC(C)(C)C. The monoisotopic (exact) mass is 290 g/mol. The Labute approximate surface area is 127 Å². The molecule has 1 unspecified atom stereocenters. The molecule has 0 aromatic heterocycles. The minimum atomic E-state index is -0.453. The zero-order valence-electron chi connectivity index (χ0n) is 13.7. The molecule has 1 aliphatic heterocycles. The van der Waals surface area contributed by atoms with Gasteiger partial charge in [0.05, 0.1) is 6.04 Å². The fourth-order valence-corrected chi connectivity index (χ4v) is 2.81. The van der Waals surface area contributed by atoms with E-state index in [2.05, 4.69) is 17.0 Å². The fraction of sp³-hybridized carbons (Fsp3) is 0.588. The number of ether oxygens (including phenoxy) is 1. The van der Waals surface area contributed by atoms with Crippen LogP contribution in [-0.2, 0) is 4.74 Å². The maximum absolute atomic E-state index is 12.4.